The van der Waals surface area contributed by atoms with Gasteiger partial charge < -0.3 is 5.11 Å². The predicted octanol–water partition coefficient (Wildman–Crippen LogP) is 2.19. The third-order valence-corrected chi connectivity index (χ3v) is 3.98. The first-order chi connectivity index (χ1) is 9.93. The number of carbonyl (C=O) groups is 1. The molecule has 0 unspecified atom stereocenters. The van der Waals surface area contributed by atoms with E-state index in [1.165, 1.54) is 12.1 Å². The van der Waals surface area contributed by atoms with Crippen molar-refractivity contribution in [1.29, 1.82) is 0 Å². The SMILES string of the molecule is CCCNS(=O)(=O)Nc1cc2ccccc2cc1C(=O)O. The van der Waals surface area contributed by atoms with Crippen LogP contribution in [0.3, 0.4) is 0 Å². The molecule has 0 heterocycles. The lowest BCUT2D eigenvalue weighted by atomic mass is 10.1. The van der Waals surface area contributed by atoms with Gasteiger partial charge >= 0.3 is 5.97 Å². The Labute approximate surface area is 123 Å². The van der Waals surface area contributed by atoms with E-state index in [4.69, 9.17) is 0 Å². The van der Waals surface area contributed by atoms with Gasteiger partial charge in [0.15, 0.2) is 0 Å². The number of rotatable bonds is 6. The zero-order valence-electron chi connectivity index (χ0n) is 11.5. The molecule has 0 aliphatic carbocycles. The number of hydrogen-bond acceptors (Lipinski definition) is 3. The molecule has 0 atom stereocenters. The van der Waals surface area contributed by atoms with E-state index in [0.29, 0.717) is 6.42 Å². The summed E-state index contributed by atoms with van der Waals surface area (Å²) in [7, 11) is -3.78. The van der Waals surface area contributed by atoms with Crippen LogP contribution in [0.2, 0.25) is 0 Å². The van der Waals surface area contributed by atoms with E-state index in [0.717, 1.165) is 10.8 Å². The first kappa shape index (κ1) is 15.3. The molecule has 0 aliphatic rings. The summed E-state index contributed by atoms with van der Waals surface area (Å²) < 4.78 is 28.3. The maximum atomic E-state index is 11.9. The van der Waals surface area contributed by atoms with Crippen LogP contribution in [-0.4, -0.2) is 26.0 Å². The summed E-state index contributed by atoms with van der Waals surface area (Å²) in [6.07, 6.45) is 0.643. The monoisotopic (exact) mass is 308 g/mol. The standard InChI is InChI=1S/C14H16N2O4S/c1-2-7-15-21(19,20)16-13-9-11-6-4-3-5-10(11)8-12(13)14(17)18/h3-6,8-9,15-16H,2,7H2,1H3,(H,17,18). The fourth-order valence-corrected chi connectivity index (χ4v) is 2.92. The van der Waals surface area contributed by atoms with Crippen molar-refractivity contribution < 1.29 is 18.3 Å². The quantitative estimate of drug-likeness (QED) is 0.762. The second-order valence-electron chi connectivity index (χ2n) is 4.55. The van der Waals surface area contributed by atoms with Gasteiger partial charge in [-0.3, -0.25) is 4.72 Å². The fraction of sp³-hybridized carbons (Fsp3) is 0.214. The summed E-state index contributed by atoms with van der Waals surface area (Å²) in [6.45, 7) is 2.12. The Balaban J connectivity index is 2.46. The maximum Gasteiger partial charge on any atom is 0.337 e. The van der Waals surface area contributed by atoms with Crippen LogP contribution in [0.25, 0.3) is 10.8 Å². The number of nitrogens with one attached hydrogen (secondary N) is 2. The highest BCUT2D eigenvalue weighted by molar-refractivity contribution is 7.90. The third kappa shape index (κ3) is 3.71. The molecule has 112 valence electrons. The summed E-state index contributed by atoms with van der Waals surface area (Å²) >= 11 is 0. The Morgan fingerprint density at radius 2 is 1.81 bits per heavy atom. The molecule has 2 aromatic rings. The van der Waals surface area contributed by atoms with Gasteiger partial charge in [0.25, 0.3) is 10.2 Å². The van der Waals surface area contributed by atoms with Gasteiger partial charge in [-0.25, -0.2) is 4.79 Å². The summed E-state index contributed by atoms with van der Waals surface area (Å²) in [5.74, 6) is -1.19. The van der Waals surface area contributed by atoms with Crippen LogP contribution in [0, 0.1) is 0 Å². The van der Waals surface area contributed by atoms with Gasteiger partial charge in [0.1, 0.15) is 0 Å². The van der Waals surface area contributed by atoms with Crippen molar-refractivity contribution in [2.24, 2.45) is 0 Å². The minimum atomic E-state index is -3.78. The highest BCUT2D eigenvalue weighted by atomic mass is 32.2. The number of benzene rings is 2. The average Bonchev–Trinajstić information content (AvgIpc) is 2.44. The molecule has 0 saturated carbocycles. The number of hydrogen-bond donors (Lipinski definition) is 3. The third-order valence-electron chi connectivity index (χ3n) is 2.90. The highest BCUT2D eigenvalue weighted by Gasteiger charge is 2.16. The zero-order chi connectivity index (χ0) is 15.5. The topological polar surface area (TPSA) is 95.5 Å². The van der Waals surface area contributed by atoms with Crippen LogP contribution in [0.5, 0.6) is 0 Å². The van der Waals surface area contributed by atoms with Gasteiger partial charge in [0.2, 0.25) is 0 Å². The second-order valence-corrected chi connectivity index (χ2v) is 6.05. The van der Waals surface area contributed by atoms with Crippen molar-refractivity contribution in [3.05, 3.63) is 42.0 Å². The van der Waals surface area contributed by atoms with Gasteiger partial charge in [-0.15, -0.1) is 0 Å². The fourth-order valence-electron chi connectivity index (χ4n) is 1.92. The van der Waals surface area contributed by atoms with Crippen LogP contribution < -0.4 is 9.44 Å². The summed E-state index contributed by atoms with van der Waals surface area (Å²) in [6, 6.07) is 10.1. The van der Waals surface area contributed by atoms with Crippen LogP contribution in [-0.2, 0) is 10.2 Å². The van der Waals surface area contributed by atoms with Crippen LogP contribution in [0.1, 0.15) is 23.7 Å². The highest BCUT2D eigenvalue weighted by Crippen LogP contribution is 2.24. The number of aromatic carboxylic acids is 1. The molecule has 0 radical (unpaired) electrons. The smallest absolute Gasteiger partial charge is 0.337 e. The molecule has 2 aromatic carbocycles. The number of carboxylic acid groups (broad SMARTS) is 1. The number of carboxylic acids is 1. The molecule has 0 aromatic heterocycles. The van der Waals surface area contributed by atoms with Crippen molar-refractivity contribution in [3.8, 4) is 0 Å². The maximum absolute atomic E-state index is 11.9. The molecule has 2 rings (SSSR count). The zero-order valence-corrected chi connectivity index (χ0v) is 12.3. The summed E-state index contributed by atoms with van der Waals surface area (Å²) in [4.78, 5) is 11.3. The van der Waals surface area contributed by atoms with E-state index < -0.39 is 16.2 Å². The molecule has 3 N–H and O–H groups in total. The van der Waals surface area contributed by atoms with Crippen molar-refractivity contribution in [2.45, 2.75) is 13.3 Å². The van der Waals surface area contributed by atoms with Gasteiger partial charge in [0, 0.05) is 6.54 Å². The Kier molecular flexibility index (Phi) is 4.44. The molecular weight excluding hydrogens is 292 g/mol. The van der Waals surface area contributed by atoms with Crippen molar-refractivity contribution >= 4 is 32.6 Å². The molecule has 0 fully saturated rings. The Bertz CT molecular complexity index is 772. The van der Waals surface area contributed by atoms with E-state index >= 15 is 0 Å². The van der Waals surface area contributed by atoms with Crippen LogP contribution in [0.15, 0.2) is 36.4 Å². The lowest BCUT2D eigenvalue weighted by molar-refractivity contribution is 0.0698. The van der Waals surface area contributed by atoms with Gasteiger partial charge in [-0.05, 0) is 29.3 Å². The first-order valence-corrected chi connectivity index (χ1v) is 7.95. The molecule has 21 heavy (non-hydrogen) atoms. The van der Waals surface area contributed by atoms with Gasteiger partial charge in [-0.2, -0.15) is 13.1 Å². The molecule has 0 aliphatic heterocycles. The molecule has 0 amide bonds. The predicted molar refractivity (Wildman–Crippen MR) is 81.7 cm³/mol. The number of anilines is 1. The van der Waals surface area contributed by atoms with Crippen LogP contribution in [0.4, 0.5) is 5.69 Å². The van der Waals surface area contributed by atoms with E-state index in [-0.39, 0.29) is 17.8 Å². The second kappa shape index (κ2) is 6.11. The van der Waals surface area contributed by atoms with Gasteiger partial charge in [0.05, 0.1) is 11.3 Å². The molecule has 6 nitrogen and oxygen atoms in total. The molecule has 0 spiro atoms. The molecule has 0 saturated heterocycles. The lowest BCUT2D eigenvalue weighted by Gasteiger charge is -2.12. The van der Waals surface area contributed by atoms with E-state index in [9.17, 15) is 18.3 Å². The Hall–Kier alpha value is -2.12. The molecule has 7 heteroatoms. The Morgan fingerprint density at radius 1 is 1.19 bits per heavy atom. The molecular formula is C14H16N2O4S. The van der Waals surface area contributed by atoms with Crippen molar-refractivity contribution in [1.82, 2.24) is 4.72 Å². The van der Waals surface area contributed by atoms with E-state index in [1.54, 1.807) is 24.3 Å². The average molecular weight is 308 g/mol. The van der Waals surface area contributed by atoms with Crippen molar-refractivity contribution in [2.75, 3.05) is 11.3 Å². The minimum absolute atomic E-state index is 0.0461. The molecule has 0 bridgehead atoms. The number of fused-ring (bicyclic) bond motifs is 1. The van der Waals surface area contributed by atoms with Crippen LogP contribution >= 0.6 is 0 Å². The van der Waals surface area contributed by atoms with Crippen molar-refractivity contribution in [3.63, 3.8) is 0 Å². The first-order valence-electron chi connectivity index (χ1n) is 6.46. The summed E-state index contributed by atoms with van der Waals surface area (Å²) in [5.41, 5.74) is -0.0413. The van der Waals surface area contributed by atoms with Gasteiger partial charge in [-0.1, -0.05) is 31.2 Å². The summed E-state index contributed by atoms with van der Waals surface area (Å²) in [5, 5.41) is 10.7. The normalized spacial score (nSPS) is 11.5. The van der Waals surface area contributed by atoms with E-state index in [1.807, 2.05) is 6.92 Å². The van der Waals surface area contributed by atoms with E-state index in [2.05, 4.69) is 9.44 Å². The lowest BCUT2D eigenvalue weighted by Crippen LogP contribution is -2.31. The minimum Gasteiger partial charge on any atom is -0.478 e. The largest absolute Gasteiger partial charge is 0.478 e. The Morgan fingerprint density at radius 3 is 2.38 bits per heavy atom.